The molecule has 0 bridgehead atoms. The van der Waals surface area contributed by atoms with E-state index in [2.05, 4.69) is 32.4 Å². The normalized spacial score (nSPS) is 15.0. The molecule has 0 aromatic carbocycles. The van der Waals surface area contributed by atoms with E-state index in [9.17, 15) is 4.79 Å². The minimum absolute atomic E-state index is 0.0158. The summed E-state index contributed by atoms with van der Waals surface area (Å²) in [6.45, 7) is 14.9. The highest BCUT2D eigenvalue weighted by Crippen LogP contribution is 2.19. The first-order chi connectivity index (χ1) is 11.8. The van der Waals surface area contributed by atoms with Gasteiger partial charge in [-0.2, -0.15) is 0 Å². The monoisotopic (exact) mass is 347 g/mol. The van der Waals surface area contributed by atoms with E-state index < -0.39 is 0 Å². The van der Waals surface area contributed by atoms with Crippen molar-refractivity contribution in [2.75, 3.05) is 26.4 Å². The van der Waals surface area contributed by atoms with Crippen LogP contribution in [-0.2, 0) is 22.6 Å². The van der Waals surface area contributed by atoms with Gasteiger partial charge in [0.2, 0.25) is 11.8 Å². The highest BCUT2D eigenvalue weighted by molar-refractivity contribution is 5.77. The highest BCUT2D eigenvalue weighted by atomic mass is 16.5. The smallest absolute Gasteiger partial charge is 0.248 e. The molecule has 1 aliphatic rings. The van der Waals surface area contributed by atoms with Gasteiger partial charge < -0.3 is 14.4 Å². The Morgan fingerprint density at radius 2 is 2.12 bits per heavy atom. The van der Waals surface area contributed by atoms with Gasteiger partial charge in [0.05, 0.1) is 25.4 Å². The van der Waals surface area contributed by atoms with Crippen molar-refractivity contribution in [3.63, 3.8) is 0 Å². The maximum absolute atomic E-state index is 12.3. The van der Waals surface area contributed by atoms with Crippen molar-refractivity contribution in [1.82, 2.24) is 14.7 Å². The largest absolute Gasteiger partial charge is 0.472 e. The van der Waals surface area contributed by atoms with Gasteiger partial charge in [0, 0.05) is 12.6 Å². The number of carbonyl (C=O) groups is 1. The van der Waals surface area contributed by atoms with Gasteiger partial charge in [-0.15, -0.1) is 5.10 Å². The molecule has 138 valence electrons. The number of amides is 1. The molecular weight excluding hydrogens is 318 g/mol. The van der Waals surface area contributed by atoms with Crippen LogP contribution in [0.1, 0.15) is 33.4 Å². The van der Waals surface area contributed by atoms with E-state index in [1.165, 1.54) is 0 Å². The Hall–Kier alpha value is -2.08. The third kappa shape index (κ3) is 5.74. The molecular formula is C19H29N3O3. The highest BCUT2D eigenvalue weighted by Gasteiger charge is 2.23. The van der Waals surface area contributed by atoms with Crippen molar-refractivity contribution in [3.8, 4) is 5.88 Å². The molecule has 6 nitrogen and oxygen atoms in total. The third-order valence-electron chi connectivity index (χ3n) is 3.91. The summed E-state index contributed by atoms with van der Waals surface area (Å²) in [5, 5.41) is 4.44. The van der Waals surface area contributed by atoms with Crippen LogP contribution in [-0.4, -0.2) is 47.0 Å². The number of hydrogen-bond acceptors (Lipinski definition) is 4. The second kappa shape index (κ2) is 8.34. The van der Waals surface area contributed by atoms with Crippen LogP contribution < -0.4 is 4.74 Å². The summed E-state index contributed by atoms with van der Waals surface area (Å²) in [6.07, 6.45) is 3.73. The number of rotatable bonds is 7. The summed E-state index contributed by atoms with van der Waals surface area (Å²) in [7, 11) is 0. The van der Waals surface area contributed by atoms with Gasteiger partial charge in [-0.05, 0) is 17.9 Å². The fraction of sp³-hybridized carbons (Fsp3) is 0.579. The number of aromatic nitrogens is 2. The average Bonchev–Trinajstić information content (AvgIpc) is 2.96. The fourth-order valence-electron chi connectivity index (χ4n) is 2.48. The van der Waals surface area contributed by atoms with E-state index in [0.717, 1.165) is 11.3 Å². The Morgan fingerprint density at radius 1 is 1.36 bits per heavy atom. The number of allylic oxidation sites excluding steroid dienone is 1. The Balaban J connectivity index is 1.88. The number of hydrogen-bond donors (Lipinski definition) is 0. The summed E-state index contributed by atoms with van der Waals surface area (Å²) >= 11 is 0. The molecule has 0 saturated heterocycles. The van der Waals surface area contributed by atoms with E-state index in [1.54, 1.807) is 6.08 Å². The van der Waals surface area contributed by atoms with Crippen molar-refractivity contribution < 1.29 is 14.3 Å². The lowest BCUT2D eigenvalue weighted by molar-refractivity contribution is -0.138. The first-order valence-electron chi connectivity index (χ1n) is 8.65. The SMILES string of the molecule is C=C/C(=C\C)COc1cc2n(n1)CCN(C(=O)COCC(C)(C)C)C2. The van der Waals surface area contributed by atoms with Crippen LogP contribution in [0.4, 0.5) is 0 Å². The van der Waals surface area contributed by atoms with Crippen molar-refractivity contribution >= 4 is 5.91 Å². The Labute approximate surface area is 150 Å². The number of carbonyl (C=O) groups excluding carboxylic acids is 1. The molecule has 0 aliphatic carbocycles. The van der Waals surface area contributed by atoms with Crippen molar-refractivity contribution in [2.24, 2.45) is 5.41 Å². The van der Waals surface area contributed by atoms with Crippen LogP contribution >= 0.6 is 0 Å². The predicted octanol–water partition coefficient (Wildman–Crippen LogP) is 2.80. The molecule has 1 aliphatic heterocycles. The lowest BCUT2D eigenvalue weighted by atomic mass is 9.99. The van der Waals surface area contributed by atoms with Gasteiger partial charge in [0.1, 0.15) is 13.2 Å². The van der Waals surface area contributed by atoms with Crippen LogP contribution in [0.2, 0.25) is 0 Å². The molecule has 1 aromatic heterocycles. The maximum atomic E-state index is 12.3. The Bertz CT molecular complexity index is 641. The summed E-state index contributed by atoms with van der Waals surface area (Å²) in [4.78, 5) is 14.1. The van der Waals surface area contributed by atoms with E-state index >= 15 is 0 Å². The van der Waals surface area contributed by atoms with Crippen LogP contribution in [0.3, 0.4) is 0 Å². The second-order valence-corrected chi connectivity index (χ2v) is 7.42. The van der Waals surface area contributed by atoms with Crippen LogP contribution in [0, 0.1) is 5.41 Å². The summed E-state index contributed by atoms with van der Waals surface area (Å²) in [5.74, 6) is 0.594. The molecule has 25 heavy (non-hydrogen) atoms. The zero-order valence-electron chi connectivity index (χ0n) is 15.7. The number of fused-ring (bicyclic) bond motifs is 1. The molecule has 2 rings (SSSR count). The minimum Gasteiger partial charge on any atom is -0.472 e. The molecule has 0 unspecified atom stereocenters. The lowest BCUT2D eigenvalue weighted by Gasteiger charge is -2.28. The van der Waals surface area contributed by atoms with Crippen molar-refractivity contribution in [3.05, 3.63) is 36.1 Å². The molecule has 0 fully saturated rings. The molecule has 6 heteroatoms. The van der Waals surface area contributed by atoms with E-state index in [4.69, 9.17) is 9.47 Å². The van der Waals surface area contributed by atoms with Crippen molar-refractivity contribution in [2.45, 2.75) is 40.8 Å². The van der Waals surface area contributed by atoms with Crippen molar-refractivity contribution in [1.29, 1.82) is 0 Å². The summed E-state index contributed by atoms with van der Waals surface area (Å²) < 4.78 is 13.1. The van der Waals surface area contributed by atoms with Gasteiger partial charge >= 0.3 is 0 Å². The Kier molecular flexibility index (Phi) is 6.42. The van der Waals surface area contributed by atoms with Gasteiger partial charge in [0.25, 0.3) is 0 Å². The van der Waals surface area contributed by atoms with Crippen LogP contribution in [0.25, 0.3) is 0 Å². The molecule has 0 N–H and O–H groups in total. The maximum Gasteiger partial charge on any atom is 0.248 e. The van der Waals surface area contributed by atoms with Gasteiger partial charge in [-0.3, -0.25) is 9.48 Å². The van der Waals surface area contributed by atoms with Crippen LogP contribution in [0.15, 0.2) is 30.4 Å². The zero-order valence-corrected chi connectivity index (χ0v) is 15.7. The standard InChI is InChI=1S/C19H29N3O3/c1-6-15(7-2)12-25-17-10-16-11-21(8-9-22(16)20-17)18(23)13-24-14-19(3,4)5/h6-7,10H,1,8-9,11-14H2,2-5H3/b15-7+. The van der Waals surface area contributed by atoms with E-state index in [1.807, 2.05) is 28.6 Å². The fourth-order valence-corrected chi connectivity index (χ4v) is 2.48. The first kappa shape index (κ1) is 19.2. The van der Waals surface area contributed by atoms with Crippen LogP contribution in [0.5, 0.6) is 5.88 Å². The molecule has 0 atom stereocenters. The molecule has 1 amide bonds. The second-order valence-electron chi connectivity index (χ2n) is 7.42. The number of nitrogens with zero attached hydrogens (tertiary/aromatic N) is 3. The Morgan fingerprint density at radius 3 is 2.76 bits per heavy atom. The molecule has 0 saturated carbocycles. The van der Waals surface area contributed by atoms with E-state index in [0.29, 0.717) is 38.7 Å². The molecule has 0 spiro atoms. The third-order valence-corrected chi connectivity index (χ3v) is 3.91. The molecule has 2 heterocycles. The number of ether oxygens (including phenoxy) is 2. The first-order valence-corrected chi connectivity index (χ1v) is 8.65. The zero-order chi connectivity index (χ0) is 18.4. The predicted molar refractivity (Wildman–Crippen MR) is 97.4 cm³/mol. The molecule has 0 radical (unpaired) electrons. The summed E-state index contributed by atoms with van der Waals surface area (Å²) in [6, 6.07) is 1.89. The average molecular weight is 347 g/mol. The van der Waals surface area contributed by atoms with E-state index in [-0.39, 0.29) is 17.9 Å². The minimum atomic E-state index is 0.0158. The van der Waals surface area contributed by atoms with Gasteiger partial charge in [0.15, 0.2) is 0 Å². The quantitative estimate of drug-likeness (QED) is 0.712. The summed E-state index contributed by atoms with van der Waals surface area (Å²) in [5.41, 5.74) is 2.05. The topological polar surface area (TPSA) is 56.6 Å². The lowest BCUT2D eigenvalue weighted by Crippen LogP contribution is -2.40. The van der Waals surface area contributed by atoms with Gasteiger partial charge in [-0.25, -0.2) is 0 Å². The molecule has 1 aromatic rings. The van der Waals surface area contributed by atoms with Gasteiger partial charge in [-0.1, -0.05) is 39.5 Å².